The Kier molecular flexibility index (Phi) is 5.46. The first-order valence-corrected chi connectivity index (χ1v) is 10.8. The lowest BCUT2D eigenvalue weighted by Crippen LogP contribution is -2.25. The minimum absolute atomic E-state index is 0.0409. The van der Waals surface area contributed by atoms with E-state index in [0.29, 0.717) is 18.0 Å². The summed E-state index contributed by atoms with van der Waals surface area (Å²) in [6.07, 6.45) is 1.86. The van der Waals surface area contributed by atoms with Crippen molar-refractivity contribution in [3.8, 4) is 17.0 Å². The van der Waals surface area contributed by atoms with E-state index in [-0.39, 0.29) is 12.5 Å². The molecule has 148 valence electrons. The van der Waals surface area contributed by atoms with Crippen LogP contribution in [0.5, 0.6) is 5.75 Å². The summed E-state index contributed by atoms with van der Waals surface area (Å²) in [5.74, 6) is 0.510. The van der Waals surface area contributed by atoms with E-state index >= 15 is 0 Å². The number of aromatic nitrogens is 1. The summed E-state index contributed by atoms with van der Waals surface area (Å²) in [4.78, 5) is 18.2. The van der Waals surface area contributed by atoms with Crippen molar-refractivity contribution in [1.82, 2.24) is 4.68 Å². The van der Waals surface area contributed by atoms with Crippen LogP contribution in [0, 0.1) is 6.92 Å². The maximum atomic E-state index is 11.7. The van der Waals surface area contributed by atoms with Crippen molar-refractivity contribution in [2.45, 2.75) is 13.8 Å². The third-order valence-electron chi connectivity index (χ3n) is 4.27. The number of ether oxygens (including phenoxy) is 1. The fourth-order valence-electron chi connectivity index (χ4n) is 2.79. The van der Waals surface area contributed by atoms with Crippen molar-refractivity contribution in [3.05, 3.63) is 62.4 Å². The summed E-state index contributed by atoms with van der Waals surface area (Å²) in [5, 5.41) is 11.6. The molecule has 1 N–H and O–H groups in total. The molecule has 6 nitrogen and oxygen atoms in total. The number of rotatable bonds is 5. The number of nitrogens with one attached hydrogen (secondary N) is 1. The highest BCUT2D eigenvalue weighted by molar-refractivity contribution is 7.11. The average Bonchev–Trinajstić information content (AvgIpc) is 3.29. The second-order valence-corrected chi connectivity index (χ2v) is 8.53. The zero-order chi connectivity index (χ0) is 20.4. The molecule has 1 aromatic carbocycles. The molecule has 3 aromatic rings. The normalized spacial score (nSPS) is 14.0. The van der Waals surface area contributed by atoms with Crippen molar-refractivity contribution in [3.63, 3.8) is 0 Å². The van der Waals surface area contributed by atoms with Gasteiger partial charge in [-0.25, -0.2) is 4.68 Å². The zero-order valence-electron chi connectivity index (χ0n) is 16.1. The number of aryl methyl sites for hydroxylation is 1. The van der Waals surface area contributed by atoms with E-state index in [1.54, 1.807) is 11.3 Å². The molecule has 0 radical (unpaired) electrons. The Balaban J connectivity index is 1.79. The van der Waals surface area contributed by atoms with E-state index in [0.717, 1.165) is 26.5 Å². The fourth-order valence-corrected chi connectivity index (χ4v) is 4.41. The van der Waals surface area contributed by atoms with E-state index < -0.39 is 0 Å². The number of carbonyl (C=O) groups is 1. The lowest BCUT2D eigenvalue weighted by Gasteiger charge is -2.18. The molecule has 0 atom stereocenters. The van der Waals surface area contributed by atoms with Gasteiger partial charge in [0, 0.05) is 10.9 Å². The van der Waals surface area contributed by atoms with Gasteiger partial charge in [-0.15, -0.1) is 22.7 Å². The van der Waals surface area contributed by atoms with Gasteiger partial charge in [-0.3, -0.25) is 9.79 Å². The Hall–Kier alpha value is -2.97. The van der Waals surface area contributed by atoms with Crippen molar-refractivity contribution in [2.75, 3.05) is 18.5 Å². The van der Waals surface area contributed by atoms with E-state index in [1.807, 2.05) is 41.4 Å². The molecule has 0 saturated carbocycles. The SMILES string of the molecule is C=C(C)CN=c1scc(-c2ccc3c(c2)NC(=O)CO3)n1N=Cc1sccc1C. The van der Waals surface area contributed by atoms with Crippen LogP contribution in [-0.2, 0) is 4.79 Å². The van der Waals surface area contributed by atoms with Crippen molar-refractivity contribution >= 4 is 40.5 Å². The number of hydrogen-bond donors (Lipinski definition) is 1. The van der Waals surface area contributed by atoms with Gasteiger partial charge in [0.25, 0.3) is 5.91 Å². The van der Waals surface area contributed by atoms with Gasteiger partial charge >= 0.3 is 0 Å². The molecule has 8 heteroatoms. The number of fused-ring (bicyclic) bond motifs is 1. The first kappa shape index (κ1) is 19.4. The van der Waals surface area contributed by atoms with Crippen molar-refractivity contribution < 1.29 is 9.53 Å². The standard InChI is InChI=1S/C21H20N4O2S2/c1-13(2)9-22-21-25(23-10-19-14(3)6-7-28-19)17(12-29-21)15-4-5-18-16(8-15)24-20(26)11-27-18/h4-8,10,12H,1,9,11H2,2-3H3,(H,24,26). The van der Waals surface area contributed by atoms with Gasteiger partial charge in [-0.2, -0.15) is 5.10 Å². The predicted octanol–water partition coefficient (Wildman–Crippen LogP) is 4.28. The summed E-state index contributed by atoms with van der Waals surface area (Å²) in [6, 6.07) is 7.80. The van der Waals surface area contributed by atoms with E-state index in [9.17, 15) is 4.79 Å². The maximum absolute atomic E-state index is 11.7. The highest BCUT2D eigenvalue weighted by Gasteiger charge is 2.17. The molecule has 29 heavy (non-hydrogen) atoms. The quantitative estimate of drug-likeness (QED) is 0.491. The lowest BCUT2D eigenvalue weighted by atomic mass is 10.1. The van der Waals surface area contributed by atoms with Crippen LogP contribution in [-0.4, -0.2) is 29.9 Å². The van der Waals surface area contributed by atoms with Crippen LogP contribution in [0.3, 0.4) is 0 Å². The Morgan fingerprint density at radius 2 is 2.24 bits per heavy atom. The monoisotopic (exact) mass is 424 g/mol. The molecule has 3 heterocycles. The van der Waals surface area contributed by atoms with Crippen LogP contribution in [0.4, 0.5) is 5.69 Å². The molecule has 1 aliphatic rings. The van der Waals surface area contributed by atoms with Crippen LogP contribution in [0.2, 0.25) is 0 Å². The van der Waals surface area contributed by atoms with Gasteiger partial charge in [0.05, 0.1) is 29.0 Å². The van der Waals surface area contributed by atoms with Crippen LogP contribution in [0.25, 0.3) is 11.3 Å². The smallest absolute Gasteiger partial charge is 0.262 e. The first-order valence-electron chi connectivity index (χ1n) is 9.02. The van der Waals surface area contributed by atoms with Gasteiger partial charge < -0.3 is 10.1 Å². The summed E-state index contributed by atoms with van der Waals surface area (Å²) in [5.41, 5.74) is 4.64. The van der Waals surface area contributed by atoms with Crippen LogP contribution >= 0.6 is 22.7 Å². The van der Waals surface area contributed by atoms with Gasteiger partial charge in [0.1, 0.15) is 5.75 Å². The molecular weight excluding hydrogens is 404 g/mol. The van der Waals surface area contributed by atoms with Gasteiger partial charge in [-0.1, -0.05) is 12.2 Å². The molecule has 4 rings (SSSR count). The van der Waals surface area contributed by atoms with E-state index in [4.69, 9.17) is 9.84 Å². The largest absolute Gasteiger partial charge is 0.482 e. The highest BCUT2D eigenvalue weighted by Crippen LogP contribution is 2.32. The van der Waals surface area contributed by atoms with E-state index in [1.165, 1.54) is 16.9 Å². The minimum atomic E-state index is -0.156. The molecule has 0 aliphatic carbocycles. The topological polar surface area (TPSA) is 68.0 Å². The number of anilines is 1. The van der Waals surface area contributed by atoms with Crippen molar-refractivity contribution in [1.29, 1.82) is 0 Å². The van der Waals surface area contributed by atoms with Crippen LogP contribution < -0.4 is 14.9 Å². The predicted molar refractivity (Wildman–Crippen MR) is 119 cm³/mol. The second-order valence-electron chi connectivity index (χ2n) is 6.75. The molecular formula is C21H20N4O2S2. The Labute approximate surface area is 176 Å². The average molecular weight is 425 g/mol. The summed E-state index contributed by atoms with van der Waals surface area (Å²) in [6.45, 7) is 8.53. The molecule has 0 fully saturated rings. The Bertz CT molecular complexity index is 1180. The summed E-state index contributed by atoms with van der Waals surface area (Å²) in [7, 11) is 0. The molecule has 2 aromatic heterocycles. The number of hydrogen-bond acceptors (Lipinski definition) is 6. The summed E-state index contributed by atoms with van der Waals surface area (Å²) >= 11 is 3.17. The summed E-state index contributed by atoms with van der Waals surface area (Å²) < 4.78 is 7.30. The van der Waals surface area contributed by atoms with Gasteiger partial charge in [0.2, 0.25) is 4.80 Å². The lowest BCUT2D eigenvalue weighted by molar-refractivity contribution is -0.118. The van der Waals surface area contributed by atoms with Crippen LogP contribution in [0.1, 0.15) is 17.4 Å². The number of thiophene rings is 1. The highest BCUT2D eigenvalue weighted by atomic mass is 32.1. The Morgan fingerprint density at radius 3 is 3.00 bits per heavy atom. The number of amides is 1. The third-order valence-corrected chi connectivity index (χ3v) is 6.08. The zero-order valence-corrected chi connectivity index (χ0v) is 17.8. The number of thiazole rings is 1. The molecule has 0 spiro atoms. The molecule has 0 unspecified atom stereocenters. The molecule has 1 aliphatic heterocycles. The molecule has 1 amide bonds. The van der Waals surface area contributed by atoms with Gasteiger partial charge in [0.15, 0.2) is 6.61 Å². The molecule has 0 saturated heterocycles. The first-order chi connectivity index (χ1) is 14.0. The van der Waals surface area contributed by atoms with Crippen LogP contribution in [0.15, 0.2) is 57.3 Å². The molecule has 0 bridgehead atoms. The Morgan fingerprint density at radius 1 is 1.38 bits per heavy atom. The third kappa shape index (κ3) is 4.23. The number of nitrogens with zero attached hydrogens (tertiary/aromatic N) is 3. The fraction of sp³-hybridized carbons (Fsp3) is 0.190. The minimum Gasteiger partial charge on any atom is -0.482 e. The van der Waals surface area contributed by atoms with Gasteiger partial charge in [-0.05, 0) is 49.1 Å². The van der Waals surface area contributed by atoms with Crippen molar-refractivity contribution in [2.24, 2.45) is 10.1 Å². The number of benzene rings is 1. The number of carbonyl (C=O) groups excluding carboxylic acids is 1. The second kappa shape index (κ2) is 8.18. The van der Waals surface area contributed by atoms with E-state index in [2.05, 4.69) is 35.3 Å². The maximum Gasteiger partial charge on any atom is 0.262 e.